The van der Waals surface area contributed by atoms with Crippen molar-refractivity contribution in [2.45, 2.75) is 5.03 Å². The topological polar surface area (TPSA) is 63.1 Å². The van der Waals surface area contributed by atoms with E-state index < -0.39 is 5.97 Å². The van der Waals surface area contributed by atoms with Crippen molar-refractivity contribution in [3.63, 3.8) is 0 Å². The predicted molar refractivity (Wildman–Crippen MR) is 96.6 cm³/mol. The van der Waals surface area contributed by atoms with Crippen LogP contribution in [0.2, 0.25) is 0 Å². The molecule has 1 N–H and O–H groups in total. The van der Waals surface area contributed by atoms with E-state index in [1.54, 1.807) is 22.7 Å². The fraction of sp³-hybridized carbons (Fsp3) is 0.0625. The molecule has 4 rings (SSSR count). The van der Waals surface area contributed by atoms with E-state index in [9.17, 15) is 4.79 Å². The lowest BCUT2D eigenvalue weighted by atomic mass is 10.2. The third kappa shape index (κ3) is 2.83. The first kappa shape index (κ1) is 14.6. The van der Waals surface area contributed by atoms with Gasteiger partial charge in [-0.3, -0.25) is 4.79 Å². The second-order valence-electron chi connectivity index (χ2n) is 4.83. The monoisotopic (exact) mass is 358 g/mol. The Kier molecular flexibility index (Phi) is 3.76. The summed E-state index contributed by atoms with van der Waals surface area (Å²) in [7, 11) is 0. The van der Waals surface area contributed by atoms with Crippen molar-refractivity contribution < 1.29 is 9.90 Å². The molecule has 1 aromatic carbocycles. The Morgan fingerprint density at radius 2 is 1.96 bits per heavy atom. The van der Waals surface area contributed by atoms with E-state index in [-0.39, 0.29) is 5.75 Å². The number of thioether (sulfide) groups is 1. The average molecular weight is 358 g/mol. The molecule has 0 unspecified atom stereocenters. The number of thiophene rings is 2. The number of nitrogens with zero attached hydrogens (tertiary/aromatic N) is 2. The largest absolute Gasteiger partial charge is 0.481 e. The molecule has 7 heteroatoms. The Bertz CT molecular complexity index is 989. The lowest BCUT2D eigenvalue weighted by molar-refractivity contribution is -0.133. The molecular weight excluding hydrogens is 348 g/mol. The summed E-state index contributed by atoms with van der Waals surface area (Å²) in [5.41, 5.74) is 0.866. The van der Waals surface area contributed by atoms with Gasteiger partial charge in [-0.1, -0.05) is 30.0 Å². The summed E-state index contributed by atoms with van der Waals surface area (Å²) in [6, 6.07) is 12.5. The van der Waals surface area contributed by atoms with E-state index in [4.69, 9.17) is 5.11 Å². The Balaban J connectivity index is 1.79. The zero-order valence-corrected chi connectivity index (χ0v) is 14.2. The van der Waals surface area contributed by atoms with Crippen molar-refractivity contribution in [3.05, 3.63) is 42.7 Å². The van der Waals surface area contributed by atoms with Crippen LogP contribution in [0.3, 0.4) is 0 Å². The highest BCUT2D eigenvalue weighted by Crippen LogP contribution is 2.41. The standard InChI is InChI=1S/C16H10N2O2S3/c19-14(20)7-21-16-15-10(17-8-18-16)6-13(23-15)12-5-9-3-1-2-4-11(9)22-12/h1-6,8H,7H2,(H,19,20). The molecule has 0 spiro atoms. The average Bonchev–Trinajstić information content (AvgIpc) is 3.16. The van der Waals surface area contributed by atoms with Gasteiger partial charge in [0, 0.05) is 14.5 Å². The maximum atomic E-state index is 10.8. The first-order valence-corrected chi connectivity index (χ1v) is 9.40. The van der Waals surface area contributed by atoms with Crippen LogP contribution in [0.4, 0.5) is 0 Å². The minimum atomic E-state index is -0.844. The first-order valence-electron chi connectivity index (χ1n) is 6.79. The van der Waals surface area contributed by atoms with Crippen LogP contribution < -0.4 is 0 Å². The molecule has 0 amide bonds. The van der Waals surface area contributed by atoms with Gasteiger partial charge in [0.2, 0.25) is 0 Å². The van der Waals surface area contributed by atoms with E-state index in [0.29, 0.717) is 0 Å². The Morgan fingerprint density at radius 3 is 2.78 bits per heavy atom. The predicted octanol–water partition coefficient (Wildman–Crippen LogP) is 4.75. The molecule has 0 saturated carbocycles. The summed E-state index contributed by atoms with van der Waals surface area (Å²) >= 11 is 4.60. The second-order valence-corrected chi connectivity index (χ2v) is 7.93. The lowest BCUT2D eigenvalue weighted by Gasteiger charge is -1.97. The van der Waals surface area contributed by atoms with Crippen molar-refractivity contribution in [1.82, 2.24) is 9.97 Å². The van der Waals surface area contributed by atoms with Gasteiger partial charge in [0.1, 0.15) is 11.4 Å². The summed E-state index contributed by atoms with van der Waals surface area (Å²) < 4.78 is 2.21. The van der Waals surface area contributed by atoms with Gasteiger partial charge in [0.15, 0.2) is 0 Å². The van der Waals surface area contributed by atoms with Gasteiger partial charge in [0.25, 0.3) is 0 Å². The molecule has 23 heavy (non-hydrogen) atoms. The molecule has 0 saturated heterocycles. The fourth-order valence-electron chi connectivity index (χ4n) is 2.29. The molecule has 114 valence electrons. The minimum Gasteiger partial charge on any atom is -0.481 e. The highest BCUT2D eigenvalue weighted by Gasteiger charge is 2.13. The van der Waals surface area contributed by atoms with E-state index in [1.807, 2.05) is 12.1 Å². The van der Waals surface area contributed by atoms with Crippen molar-refractivity contribution in [3.8, 4) is 9.75 Å². The van der Waals surface area contributed by atoms with Crippen LogP contribution in [-0.4, -0.2) is 26.8 Å². The third-order valence-corrected chi connectivity index (χ3v) is 6.83. The van der Waals surface area contributed by atoms with Crippen molar-refractivity contribution in [2.75, 3.05) is 5.75 Å². The van der Waals surface area contributed by atoms with E-state index in [1.165, 1.54) is 33.1 Å². The number of fused-ring (bicyclic) bond motifs is 2. The zero-order valence-electron chi connectivity index (χ0n) is 11.7. The molecule has 0 bridgehead atoms. The number of hydrogen-bond acceptors (Lipinski definition) is 6. The van der Waals surface area contributed by atoms with Crippen LogP contribution in [0.5, 0.6) is 0 Å². The van der Waals surface area contributed by atoms with Gasteiger partial charge in [-0.05, 0) is 23.6 Å². The zero-order chi connectivity index (χ0) is 15.8. The van der Waals surface area contributed by atoms with E-state index >= 15 is 0 Å². The fourth-order valence-corrected chi connectivity index (χ4v) is 5.34. The molecule has 3 aromatic heterocycles. The summed E-state index contributed by atoms with van der Waals surface area (Å²) in [4.78, 5) is 21.7. The van der Waals surface area contributed by atoms with Crippen LogP contribution in [0.25, 0.3) is 30.1 Å². The quantitative estimate of drug-likeness (QED) is 0.421. The normalized spacial score (nSPS) is 11.3. The molecule has 4 aromatic rings. The van der Waals surface area contributed by atoms with Crippen molar-refractivity contribution in [2.24, 2.45) is 0 Å². The lowest BCUT2D eigenvalue weighted by Crippen LogP contribution is -1.98. The van der Waals surface area contributed by atoms with Gasteiger partial charge in [-0.2, -0.15) is 0 Å². The number of rotatable bonds is 4. The van der Waals surface area contributed by atoms with Gasteiger partial charge < -0.3 is 5.11 Å². The number of carboxylic acid groups (broad SMARTS) is 1. The van der Waals surface area contributed by atoms with Gasteiger partial charge in [-0.15, -0.1) is 22.7 Å². The van der Waals surface area contributed by atoms with E-state index in [2.05, 4.69) is 34.2 Å². The van der Waals surface area contributed by atoms with Crippen LogP contribution in [0.15, 0.2) is 47.8 Å². The summed E-state index contributed by atoms with van der Waals surface area (Å²) in [5, 5.41) is 10.8. The number of aromatic nitrogens is 2. The summed E-state index contributed by atoms with van der Waals surface area (Å²) in [6.07, 6.45) is 1.49. The maximum absolute atomic E-state index is 10.8. The molecule has 0 aliphatic heterocycles. The van der Waals surface area contributed by atoms with Gasteiger partial charge in [0.05, 0.1) is 16.0 Å². The molecule has 4 nitrogen and oxygen atoms in total. The Morgan fingerprint density at radius 1 is 1.13 bits per heavy atom. The van der Waals surface area contributed by atoms with Crippen molar-refractivity contribution in [1.29, 1.82) is 0 Å². The highest BCUT2D eigenvalue weighted by atomic mass is 32.2. The SMILES string of the molecule is O=C(O)CSc1ncnc2cc(-c3cc4ccccc4s3)sc12. The molecule has 0 radical (unpaired) electrons. The van der Waals surface area contributed by atoms with Crippen LogP contribution in [0, 0.1) is 0 Å². The van der Waals surface area contributed by atoms with Crippen LogP contribution in [0.1, 0.15) is 0 Å². The van der Waals surface area contributed by atoms with Crippen LogP contribution >= 0.6 is 34.4 Å². The number of benzene rings is 1. The van der Waals surface area contributed by atoms with Crippen LogP contribution in [-0.2, 0) is 4.79 Å². The first-order chi connectivity index (χ1) is 11.2. The third-order valence-electron chi connectivity index (χ3n) is 3.28. The Labute approximate surface area is 143 Å². The molecule has 0 atom stereocenters. The van der Waals surface area contributed by atoms with Crippen molar-refractivity contribution >= 4 is 60.7 Å². The van der Waals surface area contributed by atoms with Gasteiger partial charge in [-0.25, -0.2) is 9.97 Å². The smallest absolute Gasteiger partial charge is 0.313 e. The number of aliphatic carboxylic acids is 1. The summed E-state index contributed by atoms with van der Waals surface area (Å²) in [5.74, 6) is -0.842. The number of carboxylic acids is 1. The van der Waals surface area contributed by atoms with Gasteiger partial charge >= 0.3 is 5.97 Å². The molecule has 3 heterocycles. The molecule has 0 aliphatic carbocycles. The minimum absolute atomic E-state index is 0.00222. The summed E-state index contributed by atoms with van der Waals surface area (Å²) in [6.45, 7) is 0. The Hall–Kier alpha value is -1.96. The number of carbonyl (C=O) groups is 1. The molecule has 0 aliphatic rings. The maximum Gasteiger partial charge on any atom is 0.313 e. The molecular formula is C16H10N2O2S3. The highest BCUT2D eigenvalue weighted by molar-refractivity contribution is 8.00. The van der Waals surface area contributed by atoms with E-state index in [0.717, 1.165) is 20.1 Å². The molecule has 0 fully saturated rings. The number of hydrogen-bond donors (Lipinski definition) is 1. The second kappa shape index (κ2) is 5.92.